The molecule has 0 fully saturated rings. The molecule has 1 aliphatic rings. The maximum absolute atomic E-state index is 14.2. The number of benzene rings is 1. The molecule has 0 unspecified atom stereocenters. The van der Waals surface area contributed by atoms with Gasteiger partial charge in [-0.2, -0.15) is 65.9 Å². The van der Waals surface area contributed by atoms with Crippen LogP contribution in [0.2, 0.25) is 0 Å². The second kappa shape index (κ2) is 6.32. The van der Waals surface area contributed by atoms with Crippen molar-refractivity contribution in [3.8, 4) is 0 Å². The largest absolute Gasteiger partial charge is 0.459 e. The molecule has 17 heteroatoms. The zero-order valence-electron chi connectivity index (χ0n) is 13.8. The number of fused-ring (bicyclic) bond motifs is 1. The third kappa shape index (κ3) is 2.91. The number of ether oxygens (including phenoxy) is 1. The summed E-state index contributed by atoms with van der Waals surface area (Å²) >= 11 is 0. The van der Waals surface area contributed by atoms with Crippen LogP contribution < -0.4 is 0 Å². The maximum Gasteiger partial charge on any atom is 0.459 e. The summed E-state index contributed by atoms with van der Waals surface area (Å²) in [4.78, 5) is 0. The van der Waals surface area contributed by atoms with E-state index in [1.807, 2.05) is 0 Å². The summed E-state index contributed by atoms with van der Waals surface area (Å²) in [6.45, 7) is 0. The predicted octanol–water partition coefficient (Wildman–Crippen LogP) is 5.65. The number of alkyl halides is 15. The van der Waals surface area contributed by atoms with E-state index in [0.29, 0.717) is 0 Å². The van der Waals surface area contributed by atoms with E-state index in [4.69, 9.17) is 0 Å². The molecule has 0 amide bonds. The average Bonchev–Trinajstić information content (AvgIpc) is 2.85. The van der Waals surface area contributed by atoms with Crippen LogP contribution >= 0.6 is 0 Å². The first-order chi connectivity index (χ1) is 13.4. The lowest BCUT2D eigenvalue weighted by Gasteiger charge is -2.44. The van der Waals surface area contributed by atoms with E-state index < -0.39 is 64.9 Å². The molecule has 1 heterocycles. The molecule has 0 saturated heterocycles. The third-order valence-corrected chi connectivity index (χ3v) is 4.35. The molecule has 31 heavy (non-hydrogen) atoms. The second-order valence-corrected chi connectivity index (χ2v) is 6.19. The predicted molar refractivity (Wildman–Crippen MR) is 66.1 cm³/mol. The molecule has 1 aromatic rings. The van der Waals surface area contributed by atoms with Gasteiger partial charge in [0.05, 0.1) is 0 Å². The van der Waals surface area contributed by atoms with Gasteiger partial charge in [-0.15, -0.1) is 0 Å². The van der Waals surface area contributed by atoms with Crippen molar-refractivity contribution >= 4 is 0 Å². The molecular formula is C14H5F15O2. The Morgan fingerprint density at radius 3 is 1.19 bits per heavy atom. The summed E-state index contributed by atoms with van der Waals surface area (Å²) in [7, 11) is 0. The van der Waals surface area contributed by atoms with Crippen molar-refractivity contribution in [2.45, 2.75) is 47.7 Å². The van der Waals surface area contributed by atoms with Gasteiger partial charge in [-0.1, -0.05) is 24.3 Å². The van der Waals surface area contributed by atoms with Gasteiger partial charge in [0.1, 0.15) is 0 Å². The number of rotatable bonds is 3. The second-order valence-electron chi connectivity index (χ2n) is 6.19. The normalized spacial score (nSPS) is 23.1. The van der Waals surface area contributed by atoms with Crippen LogP contribution in [0.3, 0.4) is 0 Å². The highest BCUT2D eigenvalue weighted by Crippen LogP contribution is 2.69. The van der Waals surface area contributed by atoms with Gasteiger partial charge in [0.15, 0.2) is 0 Å². The van der Waals surface area contributed by atoms with Crippen LogP contribution in [0.25, 0.3) is 0 Å². The first kappa shape index (κ1) is 25.4. The summed E-state index contributed by atoms with van der Waals surface area (Å²) in [5.74, 6) is -27.7. The van der Waals surface area contributed by atoms with Gasteiger partial charge in [0.25, 0.3) is 5.79 Å². The number of hydrogen-bond acceptors (Lipinski definition) is 2. The van der Waals surface area contributed by atoms with Gasteiger partial charge >= 0.3 is 36.3 Å². The van der Waals surface area contributed by atoms with Crippen molar-refractivity contribution in [1.82, 2.24) is 0 Å². The monoisotopic (exact) mass is 490 g/mol. The van der Waals surface area contributed by atoms with Crippen LogP contribution in [0.1, 0.15) is 11.1 Å². The molecule has 1 aliphatic heterocycles. The summed E-state index contributed by atoms with van der Waals surface area (Å²) < 4.78 is 203. The molecule has 0 bridgehead atoms. The first-order valence-corrected chi connectivity index (χ1v) is 7.29. The van der Waals surface area contributed by atoms with Gasteiger partial charge in [-0.3, -0.25) is 0 Å². The minimum atomic E-state index is -7.46. The lowest BCUT2D eigenvalue weighted by molar-refractivity contribution is -0.493. The molecule has 2 nitrogen and oxygen atoms in total. The van der Waals surface area contributed by atoms with Crippen LogP contribution in [0.5, 0.6) is 0 Å². The summed E-state index contributed by atoms with van der Waals surface area (Å²) in [6.07, 6.45) is -21.9. The fourth-order valence-electron chi connectivity index (χ4n) is 2.91. The molecule has 0 aliphatic carbocycles. The number of hydrogen-bond donors (Lipinski definition) is 1. The van der Waals surface area contributed by atoms with Crippen molar-refractivity contribution < 1.29 is 75.7 Å². The van der Waals surface area contributed by atoms with Crippen LogP contribution in [0, 0.1) is 0 Å². The number of aliphatic hydroxyl groups is 1. The van der Waals surface area contributed by atoms with Crippen molar-refractivity contribution in [2.24, 2.45) is 0 Å². The summed E-state index contributed by atoms with van der Waals surface area (Å²) in [6, 6.07) is -0.296. The smallest absolute Gasteiger partial charge is 0.357 e. The van der Waals surface area contributed by atoms with Crippen LogP contribution in [-0.2, 0) is 16.1 Å². The minimum absolute atomic E-state index is 0.174. The molecule has 1 N–H and O–H groups in total. The van der Waals surface area contributed by atoms with Crippen molar-refractivity contribution in [1.29, 1.82) is 0 Å². The van der Waals surface area contributed by atoms with E-state index in [2.05, 4.69) is 4.74 Å². The van der Waals surface area contributed by atoms with Gasteiger partial charge in [0, 0.05) is 11.1 Å². The fraction of sp³-hybridized carbons (Fsp3) is 0.571. The molecule has 0 spiro atoms. The fourth-order valence-corrected chi connectivity index (χ4v) is 2.91. The van der Waals surface area contributed by atoms with E-state index >= 15 is 0 Å². The van der Waals surface area contributed by atoms with E-state index in [-0.39, 0.29) is 18.2 Å². The third-order valence-electron chi connectivity index (χ3n) is 4.35. The van der Waals surface area contributed by atoms with E-state index in [1.54, 1.807) is 0 Å². The highest BCUT2D eigenvalue weighted by Gasteiger charge is 2.92. The summed E-state index contributed by atoms with van der Waals surface area (Å²) in [5, 5.41) is 9.71. The minimum Gasteiger partial charge on any atom is -0.357 e. The van der Waals surface area contributed by atoms with Gasteiger partial charge in [-0.05, 0) is 0 Å². The van der Waals surface area contributed by atoms with Gasteiger partial charge in [-0.25, -0.2) is 0 Å². The van der Waals surface area contributed by atoms with Crippen molar-refractivity contribution in [2.75, 3.05) is 0 Å². The molecule has 0 aromatic heterocycles. The standard InChI is InChI=1S/C14H5F15O2/c15-9(16,12(21,22)23)7(10(17,18)13(24,25)26)5-3-1-2-4-6(5)8(30,31-7)11(19,20)14(27,28)29/h1-4,30H/t8-/m1/s1. The Morgan fingerprint density at radius 1 is 0.548 bits per heavy atom. The Morgan fingerprint density at radius 2 is 0.871 bits per heavy atom. The lowest BCUT2D eigenvalue weighted by atomic mass is 9.79. The zero-order valence-corrected chi connectivity index (χ0v) is 13.8. The van der Waals surface area contributed by atoms with Gasteiger partial charge < -0.3 is 9.84 Å². The molecule has 1 atom stereocenters. The maximum atomic E-state index is 14.2. The van der Waals surface area contributed by atoms with Crippen LogP contribution in [-0.4, -0.2) is 41.4 Å². The molecule has 2 rings (SSSR count). The Bertz CT molecular complexity index is 824. The molecule has 178 valence electrons. The Kier molecular flexibility index (Phi) is 5.17. The Labute approximate surface area is 160 Å². The van der Waals surface area contributed by atoms with Crippen molar-refractivity contribution in [3.05, 3.63) is 35.4 Å². The molecule has 0 radical (unpaired) electrons. The Balaban J connectivity index is 3.10. The zero-order chi connectivity index (χ0) is 24.7. The molecule has 1 aromatic carbocycles. The topological polar surface area (TPSA) is 29.5 Å². The van der Waals surface area contributed by atoms with Gasteiger partial charge in [0.2, 0.25) is 5.60 Å². The molecular weight excluding hydrogens is 485 g/mol. The SMILES string of the molecule is O[C@@]1(C(F)(F)C(F)(F)F)OC(C(F)(F)C(F)(F)F)(C(F)(F)C(F)(F)F)c2ccccc21. The Hall–Kier alpha value is -1.91. The van der Waals surface area contributed by atoms with E-state index in [0.717, 1.165) is 0 Å². The average molecular weight is 490 g/mol. The van der Waals surface area contributed by atoms with E-state index in [1.165, 1.54) is 0 Å². The van der Waals surface area contributed by atoms with Crippen molar-refractivity contribution in [3.63, 3.8) is 0 Å². The van der Waals surface area contributed by atoms with E-state index in [9.17, 15) is 71.0 Å². The highest BCUT2D eigenvalue weighted by atomic mass is 19.4. The number of halogens is 15. The lowest BCUT2D eigenvalue weighted by Crippen LogP contribution is -2.69. The van der Waals surface area contributed by atoms with Crippen LogP contribution in [0.4, 0.5) is 65.9 Å². The quantitative estimate of drug-likeness (QED) is 0.556. The highest BCUT2D eigenvalue weighted by molar-refractivity contribution is 5.46. The van der Waals surface area contributed by atoms with Crippen LogP contribution in [0.15, 0.2) is 24.3 Å². The first-order valence-electron chi connectivity index (χ1n) is 7.29. The summed E-state index contributed by atoms with van der Waals surface area (Å²) in [5.41, 5.74) is -11.9. The molecule has 0 saturated carbocycles.